The molecule has 1 aromatic rings. The van der Waals surface area contributed by atoms with Crippen LogP contribution in [-0.2, 0) is 14.4 Å². The molecule has 0 spiro atoms. The number of likely N-dealkylation sites (tertiary alicyclic amines) is 1. The number of carboxylic acids is 1. The van der Waals surface area contributed by atoms with E-state index in [2.05, 4.69) is 10.6 Å². The summed E-state index contributed by atoms with van der Waals surface area (Å²) in [5.41, 5.74) is 3.83. The molecule has 1 saturated heterocycles. The summed E-state index contributed by atoms with van der Waals surface area (Å²) >= 11 is 0. The van der Waals surface area contributed by atoms with Gasteiger partial charge in [0.25, 0.3) is 0 Å². The molecule has 1 fully saturated rings. The molecule has 0 unspecified atom stereocenters. The van der Waals surface area contributed by atoms with Crippen molar-refractivity contribution in [3.8, 4) is 0 Å². The Labute approximate surface area is 159 Å². The molecule has 0 radical (unpaired) electrons. The molecule has 1 atom stereocenters. The van der Waals surface area contributed by atoms with Crippen molar-refractivity contribution in [3.05, 3.63) is 28.8 Å². The minimum absolute atomic E-state index is 0. The van der Waals surface area contributed by atoms with Crippen molar-refractivity contribution in [2.45, 2.75) is 39.7 Å². The van der Waals surface area contributed by atoms with E-state index in [1.807, 2.05) is 32.9 Å². The van der Waals surface area contributed by atoms with Crippen LogP contribution >= 0.6 is 12.4 Å². The van der Waals surface area contributed by atoms with E-state index in [0.29, 0.717) is 13.0 Å². The normalized spacial score (nSPS) is 16.7. The van der Waals surface area contributed by atoms with Crippen LogP contribution in [-0.4, -0.2) is 53.5 Å². The second-order valence-electron chi connectivity index (χ2n) is 6.57. The fraction of sp³-hybridized carbons (Fsp3) is 0.500. The van der Waals surface area contributed by atoms with Gasteiger partial charge in [0.05, 0.1) is 13.1 Å². The van der Waals surface area contributed by atoms with Crippen molar-refractivity contribution >= 4 is 35.9 Å². The van der Waals surface area contributed by atoms with E-state index in [0.717, 1.165) is 28.8 Å². The van der Waals surface area contributed by atoms with Crippen LogP contribution in [0.1, 0.15) is 29.5 Å². The Morgan fingerprint density at radius 1 is 1.15 bits per heavy atom. The lowest BCUT2D eigenvalue weighted by Gasteiger charge is -2.20. The molecule has 8 heteroatoms. The van der Waals surface area contributed by atoms with E-state index in [9.17, 15) is 14.4 Å². The Morgan fingerprint density at radius 3 is 2.35 bits per heavy atom. The van der Waals surface area contributed by atoms with Gasteiger partial charge in [-0.1, -0.05) is 17.7 Å². The summed E-state index contributed by atoms with van der Waals surface area (Å²) in [5.74, 6) is -1.56. The van der Waals surface area contributed by atoms with Gasteiger partial charge in [0, 0.05) is 5.69 Å². The highest BCUT2D eigenvalue weighted by Crippen LogP contribution is 2.21. The van der Waals surface area contributed by atoms with Crippen molar-refractivity contribution in [1.82, 2.24) is 10.2 Å². The number of nitrogens with one attached hydrogen (secondary N) is 2. The van der Waals surface area contributed by atoms with Gasteiger partial charge in [0.15, 0.2) is 0 Å². The largest absolute Gasteiger partial charge is 0.480 e. The van der Waals surface area contributed by atoms with Gasteiger partial charge < -0.3 is 15.7 Å². The summed E-state index contributed by atoms with van der Waals surface area (Å²) in [5, 5.41) is 14.5. The molecule has 1 aliphatic rings. The predicted octanol–water partition coefficient (Wildman–Crippen LogP) is 1.64. The summed E-state index contributed by atoms with van der Waals surface area (Å²) in [4.78, 5) is 36.8. The van der Waals surface area contributed by atoms with E-state index in [4.69, 9.17) is 5.11 Å². The van der Waals surface area contributed by atoms with E-state index in [-0.39, 0.29) is 37.3 Å². The number of carboxylic acid groups (broad SMARTS) is 1. The third-order valence-electron chi connectivity index (χ3n) is 4.38. The van der Waals surface area contributed by atoms with E-state index >= 15 is 0 Å². The summed E-state index contributed by atoms with van der Waals surface area (Å²) in [6.07, 6.45) is 1.31. The average molecular weight is 384 g/mol. The molecule has 1 aromatic carbocycles. The maximum atomic E-state index is 12.1. The number of anilines is 1. The Morgan fingerprint density at radius 2 is 1.77 bits per heavy atom. The van der Waals surface area contributed by atoms with E-state index in [1.54, 1.807) is 4.90 Å². The van der Waals surface area contributed by atoms with Crippen LogP contribution < -0.4 is 10.6 Å². The minimum atomic E-state index is -0.909. The molecule has 1 heterocycles. The van der Waals surface area contributed by atoms with Gasteiger partial charge in [0.1, 0.15) is 6.04 Å². The number of nitrogens with zero attached hydrogens (tertiary/aromatic N) is 1. The lowest BCUT2D eigenvalue weighted by molar-refractivity contribution is -0.142. The molecular formula is C18H26ClN3O4. The second kappa shape index (κ2) is 9.54. The zero-order chi connectivity index (χ0) is 18.6. The summed E-state index contributed by atoms with van der Waals surface area (Å²) in [7, 11) is 0. The van der Waals surface area contributed by atoms with Crippen molar-refractivity contribution in [1.29, 1.82) is 0 Å². The summed E-state index contributed by atoms with van der Waals surface area (Å²) in [6, 6.07) is 3.36. The molecule has 3 N–H and O–H groups in total. The highest BCUT2D eigenvalue weighted by molar-refractivity contribution is 5.96. The molecular weight excluding hydrogens is 358 g/mol. The van der Waals surface area contributed by atoms with Crippen LogP contribution in [0.15, 0.2) is 12.1 Å². The second-order valence-corrected chi connectivity index (χ2v) is 6.57. The molecule has 0 aliphatic carbocycles. The first-order chi connectivity index (χ1) is 11.8. The van der Waals surface area contributed by atoms with Crippen LogP contribution in [0.5, 0.6) is 0 Å². The van der Waals surface area contributed by atoms with Crippen molar-refractivity contribution < 1.29 is 19.5 Å². The topological polar surface area (TPSA) is 98.7 Å². The highest BCUT2D eigenvalue weighted by atomic mass is 35.5. The lowest BCUT2D eigenvalue weighted by Crippen LogP contribution is -2.44. The van der Waals surface area contributed by atoms with E-state index in [1.165, 1.54) is 0 Å². The molecule has 2 amide bonds. The molecule has 0 bridgehead atoms. The Kier molecular flexibility index (Phi) is 8.05. The predicted molar refractivity (Wildman–Crippen MR) is 102 cm³/mol. The molecule has 7 nitrogen and oxygen atoms in total. The zero-order valence-electron chi connectivity index (χ0n) is 15.3. The molecule has 2 rings (SSSR count). The van der Waals surface area contributed by atoms with Gasteiger partial charge in [-0.15, -0.1) is 12.4 Å². The molecule has 0 aromatic heterocycles. The first kappa shape index (κ1) is 21.9. The van der Waals surface area contributed by atoms with Gasteiger partial charge in [-0.25, -0.2) is 0 Å². The number of aliphatic carboxylic acids is 1. The quantitative estimate of drug-likeness (QED) is 0.693. The van der Waals surface area contributed by atoms with Gasteiger partial charge in [-0.3, -0.25) is 19.3 Å². The molecule has 26 heavy (non-hydrogen) atoms. The molecule has 144 valence electrons. The average Bonchev–Trinajstić information content (AvgIpc) is 2.97. The first-order valence-corrected chi connectivity index (χ1v) is 8.39. The number of carbonyl (C=O) groups excluding carboxylic acids is 2. The number of aryl methyl sites for hydroxylation is 3. The molecule has 1 aliphatic heterocycles. The fourth-order valence-electron chi connectivity index (χ4n) is 3.28. The Balaban J connectivity index is 0.00000338. The highest BCUT2D eigenvalue weighted by Gasteiger charge is 2.31. The Hall–Kier alpha value is -2.12. The number of hydrogen-bond acceptors (Lipinski definition) is 4. The lowest BCUT2D eigenvalue weighted by atomic mass is 10.1. The number of halogens is 1. The third-order valence-corrected chi connectivity index (χ3v) is 4.38. The van der Waals surface area contributed by atoms with Crippen LogP contribution in [0.4, 0.5) is 5.69 Å². The van der Waals surface area contributed by atoms with Gasteiger partial charge in [-0.2, -0.15) is 0 Å². The van der Waals surface area contributed by atoms with Crippen LogP contribution in [0, 0.1) is 20.8 Å². The van der Waals surface area contributed by atoms with Crippen molar-refractivity contribution in [2.75, 3.05) is 25.0 Å². The monoisotopic (exact) mass is 383 g/mol. The van der Waals surface area contributed by atoms with Crippen LogP contribution in [0.2, 0.25) is 0 Å². The van der Waals surface area contributed by atoms with Crippen LogP contribution in [0.3, 0.4) is 0 Å². The Bertz CT molecular complexity index is 670. The summed E-state index contributed by atoms with van der Waals surface area (Å²) in [6.45, 7) is 6.28. The zero-order valence-corrected chi connectivity index (χ0v) is 16.1. The SMILES string of the molecule is Cc1cc(C)c(NC(=O)CNC(=O)CN2CCC[C@H]2C(=O)O)c(C)c1.Cl. The first-order valence-electron chi connectivity index (χ1n) is 8.39. The maximum absolute atomic E-state index is 12.1. The maximum Gasteiger partial charge on any atom is 0.320 e. The van der Waals surface area contributed by atoms with Gasteiger partial charge in [-0.05, 0) is 51.3 Å². The summed E-state index contributed by atoms with van der Waals surface area (Å²) < 4.78 is 0. The van der Waals surface area contributed by atoms with Gasteiger partial charge in [0.2, 0.25) is 11.8 Å². The number of amides is 2. The van der Waals surface area contributed by atoms with Crippen LogP contribution in [0.25, 0.3) is 0 Å². The number of hydrogen-bond donors (Lipinski definition) is 3. The van der Waals surface area contributed by atoms with E-state index < -0.39 is 12.0 Å². The fourth-order valence-corrected chi connectivity index (χ4v) is 3.28. The number of benzene rings is 1. The number of carbonyl (C=O) groups is 3. The third kappa shape index (κ3) is 5.71. The van der Waals surface area contributed by atoms with Gasteiger partial charge >= 0.3 is 5.97 Å². The molecule has 0 saturated carbocycles. The van der Waals surface area contributed by atoms with Crippen molar-refractivity contribution in [2.24, 2.45) is 0 Å². The number of rotatable bonds is 6. The van der Waals surface area contributed by atoms with Crippen molar-refractivity contribution in [3.63, 3.8) is 0 Å². The smallest absolute Gasteiger partial charge is 0.320 e. The standard InChI is InChI=1S/C18H25N3O4.ClH/c1-11-7-12(2)17(13(3)8-11)20-15(22)9-19-16(23)10-21-6-4-5-14(21)18(24)25;/h7-8,14H,4-6,9-10H2,1-3H3,(H,19,23)(H,20,22)(H,24,25);1H/t14-;/m0./s1. The minimum Gasteiger partial charge on any atom is -0.480 e.